The second-order valence-electron chi connectivity index (χ2n) is 7.14. The van der Waals surface area contributed by atoms with Crippen molar-refractivity contribution >= 4 is 11.7 Å². The van der Waals surface area contributed by atoms with Crippen molar-refractivity contribution in [1.82, 2.24) is 5.32 Å². The summed E-state index contributed by atoms with van der Waals surface area (Å²) in [5.41, 5.74) is 0.898. The molecule has 1 amide bonds. The highest BCUT2D eigenvalue weighted by atomic mass is 16.5. The third-order valence-electron chi connectivity index (χ3n) is 5.20. The normalized spacial score (nSPS) is 25.9. The van der Waals surface area contributed by atoms with E-state index >= 15 is 0 Å². The van der Waals surface area contributed by atoms with Crippen molar-refractivity contribution < 1.29 is 23.5 Å². The van der Waals surface area contributed by atoms with Gasteiger partial charge in [-0.15, -0.1) is 0 Å². The first-order chi connectivity index (χ1) is 12.1. The lowest BCUT2D eigenvalue weighted by Gasteiger charge is -2.27. The van der Waals surface area contributed by atoms with E-state index in [-0.39, 0.29) is 24.4 Å². The Bertz CT molecular complexity index is 564. The molecule has 25 heavy (non-hydrogen) atoms. The van der Waals surface area contributed by atoms with E-state index in [0.29, 0.717) is 18.9 Å². The molecule has 6 nitrogen and oxygen atoms in total. The molecule has 3 atom stereocenters. The number of rotatable bonds is 7. The monoisotopic (exact) mass is 349 g/mol. The number of furan rings is 1. The fourth-order valence-corrected chi connectivity index (χ4v) is 3.65. The summed E-state index contributed by atoms with van der Waals surface area (Å²) in [6, 6.07) is 1.25. The highest BCUT2D eigenvalue weighted by Gasteiger charge is 2.36. The molecule has 1 N–H and O–H groups in total. The van der Waals surface area contributed by atoms with E-state index in [2.05, 4.69) is 5.32 Å². The Kier molecular flexibility index (Phi) is 6.26. The summed E-state index contributed by atoms with van der Waals surface area (Å²) < 4.78 is 16.3. The van der Waals surface area contributed by atoms with Gasteiger partial charge >= 0.3 is 0 Å². The predicted molar refractivity (Wildman–Crippen MR) is 90.8 cm³/mol. The summed E-state index contributed by atoms with van der Waals surface area (Å²) in [4.78, 5) is 24.6. The van der Waals surface area contributed by atoms with Crippen LogP contribution in [0.25, 0.3) is 0 Å². The highest BCUT2D eigenvalue weighted by Crippen LogP contribution is 2.28. The molecule has 1 aromatic rings. The molecule has 0 bridgehead atoms. The van der Waals surface area contributed by atoms with Crippen LogP contribution in [0.15, 0.2) is 23.0 Å². The fraction of sp³-hybridized carbons (Fsp3) is 0.684. The standard InChI is InChI=1S/C19H27NO5/c1-13-18(16(21)12-24-13)20-19(22)17(9-14-5-3-2-4-6-14)25-11-15-7-8-23-10-15/h7-8,10,13-14,17-18H,2-6,9,11-12H2,1H3,(H,20,22). The van der Waals surface area contributed by atoms with Gasteiger partial charge < -0.3 is 19.2 Å². The van der Waals surface area contributed by atoms with Crippen LogP contribution in [-0.2, 0) is 25.7 Å². The smallest absolute Gasteiger partial charge is 0.249 e. The van der Waals surface area contributed by atoms with E-state index in [1.807, 2.05) is 6.07 Å². The molecule has 0 radical (unpaired) electrons. The molecule has 2 aliphatic rings. The summed E-state index contributed by atoms with van der Waals surface area (Å²) in [5.74, 6) is 0.207. The number of nitrogens with one attached hydrogen (secondary N) is 1. The highest BCUT2D eigenvalue weighted by molar-refractivity contribution is 5.92. The van der Waals surface area contributed by atoms with E-state index in [1.165, 1.54) is 19.3 Å². The number of hydrogen-bond acceptors (Lipinski definition) is 5. The van der Waals surface area contributed by atoms with E-state index in [1.54, 1.807) is 19.5 Å². The van der Waals surface area contributed by atoms with Crippen LogP contribution >= 0.6 is 0 Å². The average molecular weight is 349 g/mol. The van der Waals surface area contributed by atoms with Crippen LogP contribution in [0.2, 0.25) is 0 Å². The quantitative estimate of drug-likeness (QED) is 0.819. The van der Waals surface area contributed by atoms with Gasteiger partial charge in [0.2, 0.25) is 5.91 Å². The van der Waals surface area contributed by atoms with Crippen LogP contribution in [-0.4, -0.2) is 36.5 Å². The van der Waals surface area contributed by atoms with E-state index in [9.17, 15) is 9.59 Å². The van der Waals surface area contributed by atoms with Crippen molar-refractivity contribution in [3.05, 3.63) is 24.2 Å². The molecule has 1 aromatic heterocycles. The van der Waals surface area contributed by atoms with Gasteiger partial charge in [0.05, 0.1) is 25.2 Å². The predicted octanol–water partition coefficient (Wildman–Crippen LogP) is 2.61. The van der Waals surface area contributed by atoms with Crippen molar-refractivity contribution in [3.8, 4) is 0 Å². The lowest BCUT2D eigenvalue weighted by atomic mass is 9.85. The van der Waals surface area contributed by atoms with Crippen LogP contribution in [0, 0.1) is 5.92 Å². The molecular formula is C19H27NO5. The molecular weight excluding hydrogens is 322 g/mol. The zero-order valence-corrected chi connectivity index (χ0v) is 14.7. The molecule has 0 aromatic carbocycles. The summed E-state index contributed by atoms with van der Waals surface area (Å²) in [6.45, 7) is 2.19. The largest absolute Gasteiger partial charge is 0.472 e. The van der Waals surface area contributed by atoms with Crippen molar-refractivity contribution in [2.75, 3.05) is 6.61 Å². The lowest BCUT2D eigenvalue weighted by Crippen LogP contribution is -2.48. The van der Waals surface area contributed by atoms with Gasteiger partial charge in [0.25, 0.3) is 0 Å². The Morgan fingerprint density at radius 1 is 1.36 bits per heavy atom. The van der Waals surface area contributed by atoms with Crippen LogP contribution in [0.1, 0.15) is 51.0 Å². The molecule has 6 heteroatoms. The fourth-order valence-electron chi connectivity index (χ4n) is 3.65. The first-order valence-electron chi connectivity index (χ1n) is 9.21. The van der Waals surface area contributed by atoms with Crippen LogP contribution in [0.3, 0.4) is 0 Å². The summed E-state index contributed by atoms with van der Waals surface area (Å²) in [6.07, 6.45) is 9.03. The van der Waals surface area contributed by atoms with E-state index in [0.717, 1.165) is 18.4 Å². The third kappa shape index (κ3) is 4.92. The molecule has 1 saturated carbocycles. The first kappa shape index (κ1) is 18.1. The maximum Gasteiger partial charge on any atom is 0.249 e. The van der Waals surface area contributed by atoms with Crippen LogP contribution in [0.4, 0.5) is 0 Å². The number of hydrogen-bond donors (Lipinski definition) is 1. The maximum atomic E-state index is 12.8. The summed E-state index contributed by atoms with van der Waals surface area (Å²) >= 11 is 0. The molecule has 3 unspecified atom stereocenters. The Balaban J connectivity index is 1.61. The minimum atomic E-state index is -0.570. The van der Waals surface area contributed by atoms with E-state index < -0.39 is 12.1 Å². The van der Waals surface area contributed by atoms with Crippen LogP contribution in [0.5, 0.6) is 0 Å². The molecule has 2 heterocycles. The zero-order chi connectivity index (χ0) is 17.6. The van der Waals surface area contributed by atoms with Gasteiger partial charge in [-0.2, -0.15) is 0 Å². The third-order valence-corrected chi connectivity index (χ3v) is 5.20. The molecule has 138 valence electrons. The number of carbonyl (C=O) groups is 2. The van der Waals surface area contributed by atoms with Gasteiger partial charge in [-0.1, -0.05) is 32.1 Å². The number of Topliss-reactive ketones (excluding diaryl/α,β-unsaturated/α-hetero) is 1. The van der Waals surface area contributed by atoms with Crippen molar-refractivity contribution in [1.29, 1.82) is 0 Å². The Labute approximate surface area is 148 Å². The van der Waals surface area contributed by atoms with Crippen molar-refractivity contribution in [2.24, 2.45) is 5.92 Å². The molecule has 2 fully saturated rings. The Morgan fingerprint density at radius 2 is 2.16 bits per heavy atom. The number of ketones is 1. The molecule has 3 rings (SSSR count). The number of ether oxygens (including phenoxy) is 2. The molecule has 0 spiro atoms. The van der Waals surface area contributed by atoms with E-state index in [4.69, 9.17) is 13.9 Å². The van der Waals surface area contributed by atoms with Crippen molar-refractivity contribution in [2.45, 2.75) is 70.3 Å². The lowest BCUT2D eigenvalue weighted by molar-refractivity contribution is -0.137. The number of carbonyl (C=O) groups excluding carboxylic acids is 2. The molecule has 1 saturated heterocycles. The summed E-state index contributed by atoms with van der Waals surface area (Å²) in [5, 5.41) is 2.84. The topological polar surface area (TPSA) is 77.8 Å². The maximum absolute atomic E-state index is 12.8. The van der Waals surface area contributed by atoms with Gasteiger partial charge in [0.1, 0.15) is 18.8 Å². The Morgan fingerprint density at radius 3 is 2.80 bits per heavy atom. The second-order valence-corrected chi connectivity index (χ2v) is 7.14. The molecule has 1 aliphatic carbocycles. The minimum absolute atomic E-state index is 0.0648. The summed E-state index contributed by atoms with van der Waals surface area (Å²) in [7, 11) is 0. The van der Waals surface area contributed by atoms with Gasteiger partial charge in [0, 0.05) is 5.56 Å². The van der Waals surface area contributed by atoms with Crippen molar-refractivity contribution in [3.63, 3.8) is 0 Å². The minimum Gasteiger partial charge on any atom is -0.472 e. The van der Waals surface area contributed by atoms with Gasteiger partial charge in [-0.3, -0.25) is 9.59 Å². The molecule has 1 aliphatic heterocycles. The second kappa shape index (κ2) is 8.63. The van der Waals surface area contributed by atoms with Gasteiger partial charge in [-0.25, -0.2) is 0 Å². The number of amides is 1. The van der Waals surface area contributed by atoms with Gasteiger partial charge in [-0.05, 0) is 25.3 Å². The van der Waals surface area contributed by atoms with Crippen LogP contribution < -0.4 is 5.32 Å². The van der Waals surface area contributed by atoms with Gasteiger partial charge in [0.15, 0.2) is 5.78 Å². The Hall–Kier alpha value is -1.66. The SMILES string of the molecule is CC1OCC(=O)C1NC(=O)C(CC1CCCCC1)OCc1ccoc1. The average Bonchev–Trinajstić information content (AvgIpc) is 3.24. The zero-order valence-electron chi connectivity index (χ0n) is 14.7. The first-order valence-corrected chi connectivity index (χ1v) is 9.21.